The van der Waals surface area contributed by atoms with Crippen molar-refractivity contribution in [3.05, 3.63) is 77.0 Å². The van der Waals surface area contributed by atoms with E-state index in [1.807, 2.05) is 60.7 Å². The third kappa shape index (κ3) is 1.82. The van der Waals surface area contributed by atoms with E-state index in [9.17, 15) is 5.21 Å². The molecule has 1 aliphatic rings. The van der Waals surface area contributed by atoms with E-state index in [0.29, 0.717) is 12.1 Å². The van der Waals surface area contributed by atoms with Crippen LogP contribution in [0.5, 0.6) is 0 Å². The van der Waals surface area contributed by atoms with Crippen molar-refractivity contribution in [1.29, 1.82) is 0 Å². The first-order valence-electron chi connectivity index (χ1n) is 6.00. The molecule has 0 fully saturated rings. The predicted octanol–water partition coefficient (Wildman–Crippen LogP) is 3.73. The lowest BCUT2D eigenvalue weighted by molar-refractivity contribution is -0.361. The van der Waals surface area contributed by atoms with E-state index in [4.69, 9.17) is 0 Å². The molecule has 0 saturated heterocycles. The normalized spacial score (nSPS) is 16.2. The number of para-hydroxylation sites is 1. The lowest BCUT2D eigenvalue weighted by Crippen LogP contribution is -2.15. The van der Waals surface area contributed by atoms with Gasteiger partial charge in [0.25, 0.3) is 0 Å². The van der Waals surface area contributed by atoms with Crippen LogP contribution in [-0.2, 0) is 0 Å². The summed E-state index contributed by atoms with van der Waals surface area (Å²) in [5.41, 5.74) is 3.62. The second-order valence-electron chi connectivity index (χ2n) is 4.27. The van der Waals surface area contributed by atoms with Crippen LogP contribution in [0.4, 0.5) is 5.69 Å². The Morgan fingerprint density at radius 2 is 1.61 bits per heavy atom. The van der Waals surface area contributed by atoms with E-state index in [2.05, 4.69) is 6.08 Å². The van der Waals surface area contributed by atoms with Crippen molar-refractivity contribution < 1.29 is 4.74 Å². The molecule has 0 spiro atoms. The number of allylic oxidation sites excluding steroid dienone is 1. The van der Waals surface area contributed by atoms with Crippen LogP contribution in [0.1, 0.15) is 17.5 Å². The summed E-state index contributed by atoms with van der Waals surface area (Å²) in [5, 5.41) is 12.4. The first-order valence-corrected chi connectivity index (χ1v) is 6.00. The van der Waals surface area contributed by atoms with Crippen molar-refractivity contribution in [1.82, 2.24) is 0 Å². The molecule has 0 atom stereocenters. The van der Waals surface area contributed by atoms with Gasteiger partial charge in [-0.1, -0.05) is 48.6 Å². The Morgan fingerprint density at radius 3 is 2.44 bits per heavy atom. The monoisotopic (exact) mass is 235 g/mol. The van der Waals surface area contributed by atoms with E-state index in [-0.39, 0.29) is 0 Å². The van der Waals surface area contributed by atoms with Gasteiger partial charge in [-0.3, -0.25) is 0 Å². The molecule has 0 saturated carbocycles. The molecule has 1 aliphatic carbocycles. The summed E-state index contributed by atoms with van der Waals surface area (Å²) in [6.07, 6.45) is 4.78. The van der Waals surface area contributed by atoms with Crippen molar-refractivity contribution in [2.24, 2.45) is 0 Å². The summed E-state index contributed by atoms with van der Waals surface area (Å²) in [7, 11) is 0. The van der Waals surface area contributed by atoms with Gasteiger partial charge >= 0.3 is 0 Å². The summed E-state index contributed by atoms with van der Waals surface area (Å²) in [5.74, 6) is 0. The molecule has 0 aromatic heterocycles. The number of hydrogen-bond donors (Lipinski definition) is 0. The Balaban J connectivity index is 2.16. The maximum Gasteiger partial charge on any atom is 0.216 e. The zero-order valence-electron chi connectivity index (χ0n) is 9.91. The smallest absolute Gasteiger partial charge is 0.216 e. The molecule has 88 valence electrons. The topological polar surface area (TPSA) is 26.1 Å². The van der Waals surface area contributed by atoms with Crippen LogP contribution in [-0.4, -0.2) is 10.5 Å². The highest BCUT2D eigenvalue weighted by Gasteiger charge is 2.18. The van der Waals surface area contributed by atoms with Crippen LogP contribution in [0.3, 0.4) is 0 Å². The summed E-state index contributed by atoms with van der Waals surface area (Å²) < 4.78 is 1.03. The molecule has 18 heavy (non-hydrogen) atoms. The molecule has 3 rings (SSSR count). The van der Waals surface area contributed by atoms with Crippen LogP contribution in [0.2, 0.25) is 0 Å². The number of nitrogens with zero attached hydrogens (tertiary/aromatic N) is 1. The zero-order valence-corrected chi connectivity index (χ0v) is 9.91. The molecule has 0 amide bonds. The van der Waals surface area contributed by atoms with Crippen molar-refractivity contribution in [2.75, 3.05) is 0 Å². The highest BCUT2D eigenvalue weighted by atomic mass is 16.5. The van der Waals surface area contributed by atoms with E-state index >= 15 is 0 Å². The number of benzene rings is 2. The average Bonchev–Trinajstić information content (AvgIpc) is 2.47. The molecule has 2 heteroatoms. The van der Waals surface area contributed by atoms with Crippen molar-refractivity contribution in [2.45, 2.75) is 6.42 Å². The van der Waals surface area contributed by atoms with Gasteiger partial charge in [0.1, 0.15) is 0 Å². The van der Waals surface area contributed by atoms with Crippen molar-refractivity contribution in [3.8, 4) is 0 Å². The average molecular weight is 235 g/mol. The minimum absolute atomic E-state index is 0.676. The fraction of sp³-hybridized carbons (Fsp3) is 0.0625. The number of hydrogen-bond acceptors (Lipinski definition) is 1. The first kappa shape index (κ1) is 10.8. The van der Waals surface area contributed by atoms with E-state index in [0.717, 1.165) is 21.6 Å². The van der Waals surface area contributed by atoms with E-state index in [1.165, 1.54) is 0 Å². The summed E-state index contributed by atoms with van der Waals surface area (Å²) in [6, 6.07) is 17.3. The van der Waals surface area contributed by atoms with Crippen molar-refractivity contribution in [3.63, 3.8) is 0 Å². The molecule has 0 unspecified atom stereocenters. The van der Waals surface area contributed by atoms with Gasteiger partial charge in [-0.05, 0) is 11.6 Å². The summed E-state index contributed by atoms with van der Waals surface area (Å²) in [6.45, 7) is 0. The molecule has 0 heterocycles. The number of rotatable bonds is 1. The van der Waals surface area contributed by atoms with Gasteiger partial charge in [-0.2, -0.15) is 4.74 Å². The molecule has 2 nitrogen and oxygen atoms in total. The standard InChI is InChI=1S/C16H13NO/c18-17(14-9-2-1-3-10-14)16-12-6-8-13-7-4-5-11-15(13)16/h1-11H,12H2. The highest BCUT2D eigenvalue weighted by molar-refractivity contribution is 6.03. The number of fused-ring (bicyclic) bond motifs is 1. The molecule has 0 aliphatic heterocycles. The Hall–Kier alpha value is -2.35. The quantitative estimate of drug-likeness (QED) is 0.420. The van der Waals surface area contributed by atoms with Gasteiger partial charge in [0, 0.05) is 12.1 Å². The Labute approximate surface area is 106 Å². The second kappa shape index (κ2) is 4.49. The molecular weight excluding hydrogens is 222 g/mol. The van der Waals surface area contributed by atoms with E-state index in [1.54, 1.807) is 0 Å². The minimum Gasteiger partial charge on any atom is -0.618 e. The first-order chi connectivity index (χ1) is 8.86. The van der Waals surface area contributed by atoms with Gasteiger partial charge < -0.3 is 5.21 Å². The van der Waals surface area contributed by atoms with E-state index < -0.39 is 0 Å². The predicted molar refractivity (Wildman–Crippen MR) is 73.9 cm³/mol. The molecule has 2 aromatic carbocycles. The lowest BCUT2D eigenvalue weighted by atomic mass is 9.95. The third-order valence-corrected chi connectivity index (χ3v) is 3.12. The van der Waals surface area contributed by atoms with Gasteiger partial charge in [0.2, 0.25) is 11.4 Å². The van der Waals surface area contributed by atoms with Crippen LogP contribution < -0.4 is 0 Å². The summed E-state index contributed by atoms with van der Waals surface area (Å²) in [4.78, 5) is 0. The van der Waals surface area contributed by atoms with Crippen LogP contribution in [0, 0.1) is 5.21 Å². The molecule has 0 bridgehead atoms. The minimum atomic E-state index is 0.676. The van der Waals surface area contributed by atoms with Crippen molar-refractivity contribution >= 4 is 17.5 Å². The maximum absolute atomic E-state index is 12.4. The van der Waals surface area contributed by atoms with Crippen LogP contribution in [0.25, 0.3) is 6.08 Å². The fourth-order valence-corrected chi connectivity index (χ4v) is 2.22. The molecule has 0 radical (unpaired) electrons. The Kier molecular flexibility index (Phi) is 2.69. The maximum atomic E-state index is 12.4. The third-order valence-electron chi connectivity index (χ3n) is 3.12. The fourth-order valence-electron chi connectivity index (χ4n) is 2.22. The SMILES string of the molecule is [O-][N+](=C1CC=Cc2ccccc21)c1ccccc1. The van der Waals surface area contributed by atoms with Gasteiger partial charge in [0.05, 0.1) is 12.0 Å². The zero-order chi connectivity index (χ0) is 12.4. The Bertz CT molecular complexity index is 627. The second-order valence-corrected chi connectivity index (χ2v) is 4.27. The highest BCUT2D eigenvalue weighted by Crippen LogP contribution is 2.22. The van der Waals surface area contributed by atoms with Gasteiger partial charge in [-0.25, -0.2) is 0 Å². The summed E-state index contributed by atoms with van der Waals surface area (Å²) >= 11 is 0. The Morgan fingerprint density at radius 1 is 0.889 bits per heavy atom. The molecular formula is C16H13NO. The molecule has 0 N–H and O–H groups in total. The molecule has 2 aromatic rings. The van der Waals surface area contributed by atoms with Crippen LogP contribution >= 0.6 is 0 Å². The lowest BCUT2D eigenvalue weighted by Gasteiger charge is -2.14. The van der Waals surface area contributed by atoms with Gasteiger partial charge in [0.15, 0.2) is 0 Å². The van der Waals surface area contributed by atoms with Crippen LogP contribution in [0.15, 0.2) is 60.7 Å². The van der Waals surface area contributed by atoms with Gasteiger partial charge in [-0.15, -0.1) is 0 Å². The largest absolute Gasteiger partial charge is 0.618 e.